The number of rotatable bonds is 9. The smallest absolute Gasteiger partial charge is 0.338 e. The molecule has 0 heterocycles. The van der Waals surface area contributed by atoms with Gasteiger partial charge < -0.3 is 10.1 Å². The lowest BCUT2D eigenvalue weighted by atomic mass is 10.0. The molecule has 3 aromatic rings. The molecule has 4 rings (SSSR count). The summed E-state index contributed by atoms with van der Waals surface area (Å²) in [7, 11) is -2.32. The number of hydrogen-bond donors (Lipinski definition) is 1. The lowest BCUT2D eigenvalue weighted by molar-refractivity contribution is -0.125. The highest BCUT2D eigenvalue weighted by Crippen LogP contribution is 2.40. The summed E-state index contributed by atoms with van der Waals surface area (Å²) in [6.45, 7) is -0.411. The van der Waals surface area contributed by atoms with Gasteiger partial charge in [0.25, 0.3) is 15.9 Å². The van der Waals surface area contributed by atoms with Crippen molar-refractivity contribution in [2.24, 2.45) is 5.92 Å². The quantitative estimate of drug-likeness (QED) is 0.471. The summed E-state index contributed by atoms with van der Waals surface area (Å²) in [6, 6.07) is 23.8. The maximum Gasteiger partial charge on any atom is 0.338 e. The first kappa shape index (κ1) is 23.5. The average Bonchev–Trinajstić information content (AvgIpc) is 3.72. The molecule has 7 nitrogen and oxygen atoms in total. The molecule has 0 aromatic heterocycles. The van der Waals surface area contributed by atoms with E-state index in [9.17, 15) is 18.0 Å². The Balaban J connectivity index is 1.35. The minimum absolute atomic E-state index is 0.0447. The molecule has 1 N–H and O–H groups in total. The van der Waals surface area contributed by atoms with E-state index in [2.05, 4.69) is 5.32 Å². The Labute approximate surface area is 199 Å². The van der Waals surface area contributed by atoms with Gasteiger partial charge in [0.05, 0.1) is 22.2 Å². The van der Waals surface area contributed by atoms with Crippen LogP contribution >= 0.6 is 0 Å². The highest BCUT2D eigenvalue weighted by Gasteiger charge is 2.33. The maximum absolute atomic E-state index is 12.9. The van der Waals surface area contributed by atoms with Gasteiger partial charge in [-0.25, -0.2) is 13.2 Å². The fourth-order valence-corrected chi connectivity index (χ4v) is 4.89. The van der Waals surface area contributed by atoms with Crippen molar-refractivity contribution < 1.29 is 22.7 Å². The zero-order valence-electron chi connectivity index (χ0n) is 18.8. The highest BCUT2D eigenvalue weighted by atomic mass is 32.2. The number of sulfonamides is 1. The van der Waals surface area contributed by atoms with E-state index in [4.69, 9.17) is 4.74 Å². The van der Waals surface area contributed by atoms with Crippen molar-refractivity contribution in [1.29, 1.82) is 0 Å². The van der Waals surface area contributed by atoms with Crippen LogP contribution in [0.1, 0.15) is 34.8 Å². The predicted octanol–water partition coefficient (Wildman–Crippen LogP) is 3.94. The number of nitrogens with zero attached hydrogens (tertiary/aromatic N) is 1. The van der Waals surface area contributed by atoms with Crippen LogP contribution in [0, 0.1) is 5.92 Å². The fourth-order valence-electron chi connectivity index (χ4n) is 3.69. The first-order chi connectivity index (χ1) is 16.4. The van der Waals surface area contributed by atoms with Crippen LogP contribution in [0.5, 0.6) is 0 Å². The maximum atomic E-state index is 12.9. The second-order valence-electron chi connectivity index (χ2n) is 8.20. The van der Waals surface area contributed by atoms with Crippen LogP contribution < -0.4 is 9.62 Å². The van der Waals surface area contributed by atoms with Gasteiger partial charge in [-0.1, -0.05) is 48.5 Å². The molecule has 8 heteroatoms. The first-order valence-corrected chi connectivity index (χ1v) is 12.5. The molecule has 0 saturated heterocycles. The van der Waals surface area contributed by atoms with Crippen molar-refractivity contribution in [3.05, 3.63) is 96.1 Å². The van der Waals surface area contributed by atoms with Gasteiger partial charge in [0.15, 0.2) is 6.61 Å². The van der Waals surface area contributed by atoms with Gasteiger partial charge in [-0.2, -0.15) is 0 Å². The van der Waals surface area contributed by atoms with Crippen molar-refractivity contribution in [3.8, 4) is 0 Å². The minimum atomic E-state index is -3.79. The summed E-state index contributed by atoms with van der Waals surface area (Å²) in [5, 5.41) is 2.96. The number of hydrogen-bond acceptors (Lipinski definition) is 5. The predicted molar refractivity (Wildman–Crippen MR) is 129 cm³/mol. The third-order valence-electron chi connectivity index (χ3n) is 5.77. The number of esters is 1. The Morgan fingerprint density at radius 1 is 0.941 bits per heavy atom. The van der Waals surface area contributed by atoms with Crippen LogP contribution in [-0.4, -0.2) is 33.9 Å². The molecular weight excluding hydrogens is 452 g/mol. The molecular formula is C26H26N2O5S. The summed E-state index contributed by atoms with van der Waals surface area (Å²) in [4.78, 5) is 24.9. The van der Waals surface area contributed by atoms with Crippen molar-refractivity contribution in [2.75, 3.05) is 18.0 Å². The molecule has 0 radical (unpaired) electrons. The van der Waals surface area contributed by atoms with E-state index in [0.717, 1.165) is 18.4 Å². The van der Waals surface area contributed by atoms with Crippen LogP contribution in [0.3, 0.4) is 0 Å². The van der Waals surface area contributed by atoms with E-state index in [-0.39, 0.29) is 22.4 Å². The number of carbonyl (C=O) groups excluding carboxylic acids is 2. The Morgan fingerprint density at radius 3 is 2.12 bits per heavy atom. The van der Waals surface area contributed by atoms with Gasteiger partial charge in [0.2, 0.25) is 0 Å². The molecule has 1 atom stereocenters. The third kappa shape index (κ3) is 5.46. The van der Waals surface area contributed by atoms with Crippen LogP contribution in [0.4, 0.5) is 5.69 Å². The molecule has 1 unspecified atom stereocenters. The lowest BCUT2D eigenvalue weighted by Crippen LogP contribution is -2.33. The summed E-state index contributed by atoms with van der Waals surface area (Å²) in [6.07, 6.45) is 2.10. The van der Waals surface area contributed by atoms with E-state index >= 15 is 0 Å². The Kier molecular flexibility index (Phi) is 6.98. The summed E-state index contributed by atoms with van der Waals surface area (Å²) >= 11 is 0. The minimum Gasteiger partial charge on any atom is -0.452 e. The van der Waals surface area contributed by atoms with E-state index < -0.39 is 22.6 Å². The molecule has 0 aliphatic heterocycles. The van der Waals surface area contributed by atoms with Crippen LogP contribution in [0.25, 0.3) is 0 Å². The summed E-state index contributed by atoms with van der Waals surface area (Å²) in [5.41, 5.74) is 1.72. The van der Waals surface area contributed by atoms with E-state index in [1.807, 2.05) is 30.3 Å². The zero-order chi connectivity index (χ0) is 24.1. The van der Waals surface area contributed by atoms with Crippen molar-refractivity contribution >= 4 is 27.6 Å². The molecule has 3 aromatic carbocycles. The molecule has 1 amide bonds. The summed E-state index contributed by atoms with van der Waals surface area (Å²) < 4.78 is 32.1. The molecule has 34 heavy (non-hydrogen) atoms. The number of carbonyl (C=O) groups is 2. The Morgan fingerprint density at radius 2 is 1.53 bits per heavy atom. The van der Waals surface area contributed by atoms with Gasteiger partial charge in [-0.05, 0) is 60.7 Å². The van der Waals surface area contributed by atoms with Crippen LogP contribution in [-0.2, 0) is 19.6 Å². The number of anilines is 1. The molecule has 1 aliphatic rings. The number of ether oxygens (including phenoxy) is 1. The molecule has 176 valence electrons. The number of amides is 1. The standard InChI is InChI=1S/C26H26N2O5S/c1-28(22-10-6-3-7-11-22)34(31,32)23-16-14-21(15-17-23)26(30)33-18-24(29)27-25(20-12-13-20)19-8-4-2-5-9-19/h2-11,14-17,20,25H,12-13,18H2,1H3,(H,27,29). The average molecular weight is 479 g/mol. The topological polar surface area (TPSA) is 92.8 Å². The van der Waals surface area contributed by atoms with Crippen LogP contribution in [0.2, 0.25) is 0 Å². The Bertz CT molecular complexity index is 1240. The zero-order valence-corrected chi connectivity index (χ0v) is 19.6. The first-order valence-electron chi connectivity index (χ1n) is 11.0. The van der Waals surface area contributed by atoms with Crippen molar-refractivity contribution in [3.63, 3.8) is 0 Å². The number of para-hydroxylation sites is 1. The fraction of sp³-hybridized carbons (Fsp3) is 0.231. The highest BCUT2D eigenvalue weighted by molar-refractivity contribution is 7.92. The lowest BCUT2D eigenvalue weighted by Gasteiger charge is -2.19. The van der Waals surface area contributed by atoms with Gasteiger partial charge in [0.1, 0.15) is 0 Å². The summed E-state index contributed by atoms with van der Waals surface area (Å²) in [5.74, 6) is -0.679. The molecule has 1 saturated carbocycles. The van der Waals surface area contributed by atoms with Gasteiger partial charge in [-0.3, -0.25) is 9.10 Å². The molecule has 1 aliphatic carbocycles. The van der Waals surface area contributed by atoms with Gasteiger partial charge in [0, 0.05) is 7.05 Å². The molecule has 0 spiro atoms. The van der Waals surface area contributed by atoms with E-state index in [1.54, 1.807) is 30.3 Å². The molecule has 1 fully saturated rings. The van der Waals surface area contributed by atoms with E-state index in [0.29, 0.717) is 11.6 Å². The van der Waals surface area contributed by atoms with Gasteiger partial charge in [-0.15, -0.1) is 0 Å². The second kappa shape index (κ2) is 10.1. The normalized spacial score (nSPS) is 14.1. The van der Waals surface area contributed by atoms with Gasteiger partial charge >= 0.3 is 5.97 Å². The van der Waals surface area contributed by atoms with E-state index in [1.165, 1.54) is 35.6 Å². The largest absolute Gasteiger partial charge is 0.452 e. The van der Waals surface area contributed by atoms with Crippen molar-refractivity contribution in [2.45, 2.75) is 23.8 Å². The number of benzene rings is 3. The monoisotopic (exact) mass is 478 g/mol. The number of nitrogens with one attached hydrogen (secondary N) is 1. The van der Waals surface area contributed by atoms with Crippen LogP contribution in [0.15, 0.2) is 89.8 Å². The Hall–Kier alpha value is -3.65. The third-order valence-corrected chi connectivity index (χ3v) is 7.57. The molecule has 0 bridgehead atoms. The van der Waals surface area contributed by atoms with Crippen molar-refractivity contribution in [1.82, 2.24) is 5.32 Å². The second-order valence-corrected chi connectivity index (χ2v) is 10.2. The SMILES string of the molecule is CN(c1ccccc1)S(=O)(=O)c1ccc(C(=O)OCC(=O)NC(c2ccccc2)C2CC2)cc1.